The fourth-order valence-electron chi connectivity index (χ4n) is 3.24. The summed E-state index contributed by atoms with van der Waals surface area (Å²) in [5.74, 6) is -0.558. The number of amides is 2. The topological polar surface area (TPSA) is 84.2 Å². The number of carbonyl (C=O) groups is 2. The SMILES string of the molecule is CC1CN(C(=O)c2cncc(-n3ccnn3)c2)c2ccccc2N(C)C1=O. The van der Waals surface area contributed by atoms with Crippen LogP contribution in [0, 0.1) is 5.92 Å². The van der Waals surface area contributed by atoms with E-state index in [1.54, 1.807) is 46.2 Å². The zero-order valence-corrected chi connectivity index (χ0v) is 15.0. The lowest BCUT2D eigenvalue weighted by Crippen LogP contribution is -2.37. The molecule has 8 nitrogen and oxygen atoms in total. The molecule has 0 radical (unpaired) electrons. The second kappa shape index (κ2) is 6.64. The van der Waals surface area contributed by atoms with Gasteiger partial charge in [-0.25, -0.2) is 4.68 Å². The lowest BCUT2D eigenvalue weighted by Gasteiger charge is -2.24. The Balaban J connectivity index is 1.76. The monoisotopic (exact) mass is 362 g/mol. The Hall–Kier alpha value is -3.55. The molecule has 27 heavy (non-hydrogen) atoms. The van der Waals surface area contributed by atoms with Gasteiger partial charge in [0.2, 0.25) is 5.91 Å². The highest BCUT2D eigenvalue weighted by Gasteiger charge is 2.32. The van der Waals surface area contributed by atoms with E-state index in [2.05, 4.69) is 15.3 Å². The van der Waals surface area contributed by atoms with Crippen LogP contribution in [0.25, 0.3) is 5.69 Å². The van der Waals surface area contributed by atoms with Crippen molar-refractivity contribution in [2.24, 2.45) is 5.92 Å². The van der Waals surface area contributed by atoms with Crippen molar-refractivity contribution in [3.8, 4) is 5.69 Å². The van der Waals surface area contributed by atoms with Crippen LogP contribution in [0.4, 0.5) is 11.4 Å². The molecule has 0 saturated carbocycles. The maximum Gasteiger partial charge on any atom is 0.260 e. The van der Waals surface area contributed by atoms with Gasteiger partial charge >= 0.3 is 0 Å². The molecule has 136 valence electrons. The molecule has 2 amide bonds. The van der Waals surface area contributed by atoms with Gasteiger partial charge in [0.1, 0.15) is 0 Å². The first kappa shape index (κ1) is 16.9. The standard InChI is InChI=1S/C19H18N6O2/c1-13-12-24(17-6-4-3-5-16(17)23(2)18(13)26)19(27)14-9-15(11-20-10-14)25-8-7-21-22-25/h3-11,13H,12H2,1-2H3. The highest BCUT2D eigenvalue weighted by atomic mass is 16.2. The molecule has 0 aliphatic carbocycles. The highest BCUT2D eigenvalue weighted by Crippen LogP contribution is 2.34. The van der Waals surface area contributed by atoms with Gasteiger partial charge in [-0.2, -0.15) is 0 Å². The molecule has 0 spiro atoms. The largest absolute Gasteiger partial charge is 0.313 e. The average Bonchev–Trinajstić information content (AvgIpc) is 3.22. The molecule has 2 aromatic heterocycles. The van der Waals surface area contributed by atoms with Gasteiger partial charge in [-0.05, 0) is 18.2 Å². The molecule has 3 aromatic rings. The third-order valence-electron chi connectivity index (χ3n) is 4.65. The molecule has 1 aliphatic rings. The Morgan fingerprint density at radius 1 is 1.19 bits per heavy atom. The minimum absolute atomic E-state index is 0.0211. The predicted octanol–water partition coefficient (Wildman–Crippen LogP) is 1.92. The van der Waals surface area contributed by atoms with Crippen molar-refractivity contribution in [1.29, 1.82) is 0 Å². The fourth-order valence-corrected chi connectivity index (χ4v) is 3.24. The van der Waals surface area contributed by atoms with Gasteiger partial charge in [0, 0.05) is 19.8 Å². The van der Waals surface area contributed by atoms with E-state index in [1.807, 2.05) is 31.2 Å². The van der Waals surface area contributed by atoms with Gasteiger partial charge < -0.3 is 9.80 Å². The lowest BCUT2D eigenvalue weighted by atomic mass is 10.1. The third kappa shape index (κ3) is 2.95. The Kier molecular flexibility index (Phi) is 4.15. The van der Waals surface area contributed by atoms with Crippen molar-refractivity contribution < 1.29 is 9.59 Å². The Morgan fingerprint density at radius 2 is 1.96 bits per heavy atom. The van der Waals surface area contributed by atoms with Crippen LogP contribution in [0.1, 0.15) is 17.3 Å². The molecular weight excluding hydrogens is 344 g/mol. The van der Waals surface area contributed by atoms with Gasteiger partial charge in [0.05, 0.1) is 47.1 Å². The first-order valence-corrected chi connectivity index (χ1v) is 8.56. The van der Waals surface area contributed by atoms with Gasteiger partial charge in [-0.3, -0.25) is 14.6 Å². The summed E-state index contributed by atoms with van der Waals surface area (Å²) in [6, 6.07) is 9.12. The zero-order valence-electron chi connectivity index (χ0n) is 15.0. The summed E-state index contributed by atoms with van der Waals surface area (Å²) in [4.78, 5) is 33.3. The van der Waals surface area contributed by atoms with Crippen LogP contribution < -0.4 is 9.80 Å². The van der Waals surface area contributed by atoms with Crippen molar-refractivity contribution in [3.05, 3.63) is 60.7 Å². The van der Waals surface area contributed by atoms with E-state index in [9.17, 15) is 9.59 Å². The number of nitrogens with zero attached hydrogens (tertiary/aromatic N) is 6. The second-order valence-electron chi connectivity index (χ2n) is 6.48. The number of pyridine rings is 1. The number of hydrogen-bond acceptors (Lipinski definition) is 5. The molecule has 1 unspecified atom stereocenters. The molecule has 0 N–H and O–H groups in total. The van der Waals surface area contributed by atoms with Gasteiger partial charge in [0.15, 0.2) is 0 Å². The van der Waals surface area contributed by atoms with Crippen LogP contribution in [0.15, 0.2) is 55.1 Å². The van der Waals surface area contributed by atoms with E-state index in [0.29, 0.717) is 29.2 Å². The van der Waals surface area contributed by atoms with Crippen molar-refractivity contribution in [2.45, 2.75) is 6.92 Å². The number of rotatable bonds is 2. The van der Waals surface area contributed by atoms with Crippen LogP contribution in [0.2, 0.25) is 0 Å². The molecule has 0 bridgehead atoms. The Morgan fingerprint density at radius 3 is 2.70 bits per heavy atom. The van der Waals surface area contributed by atoms with Crippen molar-refractivity contribution in [3.63, 3.8) is 0 Å². The van der Waals surface area contributed by atoms with Crippen molar-refractivity contribution >= 4 is 23.2 Å². The van der Waals surface area contributed by atoms with Crippen LogP contribution in [-0.4, -0.2) is 45.4 Å². The summed E-state index contributed by atoms with van der Waals surface area (Å²) in [6.45, 7) is 2.13. The summed E-state index contributed by atoms with van der Waals surface area (Å²) in [5, 5.41) is 7.71. The van der Waals surface area contributed by atoms with Crippen LogP contribution in [0.5, 0.6) is 0 Å². The molecular formula is C19H18N6O2. The second-order valence-corrected chi connectivity index (χ2v) is 6.48. The number of anilines is 2. The molecule has 0 fully saturated rings. The molecule has 4 rings (SSSR count). The fraction of sp³-hybridized carbons (Fsp3) is 0.211. The normalized spacial score (nSPS) is 16.8. The predicted molar refractivity (Wildman–Crippen MR) is 99.8 cm³/mol. The van der Waals surface area contributed by atoms with Gasteiger partial charge in [0.25, 0.3) is 5.91 Å². The molecule has 1 atom stereocenters. The maximum absolute atomic E-state index is 13.3. The summed E-state index contributed by atoms with van der Waals surface area (Å²) in [5.41, 5.74) is 2.47. The highest BCUT2D eigenvalue weighted by molar-refractivity contribution is 6.11. The summed E-state index contributed by atoms with van der Waals surface area (Å²) >= 11 is 0. The molecule has 3 heterocycles. The Labute approximate surface area is 156 Å². The molecule has 8 heteroatoms. The van der Waals surface area contributed by atoms with Crippen molar-refractivity contribution in [1.82, 2.24) is 20.0 Å². The average molecular weight is 362 g/mol. The van der Waals surface area contributed by atoms with Crippen LogP contribution in [0.3, 0.4) is 0 Å². The molecule has 1 aromatic carbocycles. The number of aromatic nitrogens is 4. The Bertz CT molecular complexity index is 1000. The lowest BCUT2D eigenvalue weighted by molar-refractivity contribution is -0.121. The number of hydrogen-bond donors (Lipinski definition) is 0. The van der Waals surface area contributed by atoms with E-state index in [4.69, 9.17) is 0 Å². The smallest absolute Gasteiger partial charge is 0.260 e. The number of para-hydroxylation sites is 2. The van der Waals surface area contributed by atoms with E-state index < -0.39 is 0 Å². The van der Waals surface area contributed by atoms with Gasteiger partial charge in [-0.1, -0.05) is 24.3 Å². The van der Waals surface area contributed by atoms with E-state index in [0.717, 1.165) is 0 Å². The van der Waals surface area contributed by atoms with Gasteiger partial charge in [-0.15, -0.1) is 5.10 Å². The number of benzene rings is 1. The van der Waals surface area contributed by atoms with E-state index in [-0.39, 0.29) is 17.7 Å². The summed E-state index contributed by atoms with van der Waals surface area (Å²) < 4.78 is 1.54. The van der Waals surface area contributed by atoms with E-state index in [1.165, 1.54) is 6.20 Å². The molecule has 1 aliphatic heterocycles. The third-order valence-corrected chi connectivity index (χ3v) is 4.65. The first-order chi connectivity index (χ1) is 13.1. The summed E-state index contributed by atoms with van der Waals surface area (Å²) in [6.07, 6.45) is 6.37. The first-order valence-electron chi connectivity index (χ1n) is 8.56. The minimum Gasteiger partial charge on any atom is -0.313 e. The quantitative estimate of drug-likeness (QED) is 0.695. The number of fused-ring (bicyclic) bond motifs is 1. The van der Waals surface area contributed by atoms with Crippen LogP contribution >= 0.6 is 0 Å². The maximum atomic E-state index is 13.3. The molecule has 0 saturated heterocycles. The minimum atomic E-state index is -0.321. The summed E-state index contributed by atoms with van der Waals surface area (Å²) in [7, 11) is 1.73. The van der Waals surface area contributed by atoms with Crippen LogP contribution in [-0.2, 0) is 4.79 Å². The van der Waals surface area contributed by atoms with E-state index >= 15 is 0 Å². The zero-order chi connectivity index (χ0) is 19.0. The number of carbonyl (C=O) groups excluding carboxylic acids is 2. The van der Waals surface area contributed by atoms with Crippen molar-refractivity contribution in [2.75, 3.05) is 23.4 Å².